The number of ether oxygens (including phenoxy) is 1. The van der Waals surface area contributed by atoms with E-state index < -0.39 is 5.09 Å². The minimum absolute atomic E-state index is 0.195. The fraction of sp³-hybridized carbons (Fsp3) is 1.00. The summed E-state index contributed by atoms with van der Waals surface area (Å²) in [5, 5.41) is 8.87. The first-order valence-electron chi connectivity index (χ1n) is 3.14. The van der Waals surface area contributed by atoms with Gasteiger partial charge in [0, 0.05) is 5.92 Å². The number of nitrogens with zero attached hydrogens (tertiary/aromatic N) is 1. The Morgan fingerprint density at radius 2 is 2.40 bits per heavy atom. The molecule has 1 heterocycles. The lowest BCUT2D eigenvalue weighted by Gasteiger charge is -2.24. The Balaban J connectivity index is 1.89. The highest BCUT2D eigenvalue weighted by molar-refractivity contribution is 4.63. The number of hydrogen-bond acceptors (Lipinski definition) is 4. The van der Waals surface area contributed by atoms with Crippen LogP contribution in [0.5, 0.6) is 0 Å². The van der Waals surface area contributed by atoms with Crippen LogP contribution in [0.25, 0.3) is 0 Å². The summed E-state index contributed by atoms with van der Waals surface area (Å²) in [6, 6.07) is 0. The molecule has 1 aliphatic heterocycles. The monoisotopic (exact) mass is 147 g/mol. The van der Waals surface area contributed by atoms with Crippen LogP contribution in [0.3, 0.4) is 0 Å². The van der Waals surface area contributed by atoms with E-state index in [1.807, 2.05) is 0 Å². The second kappa shape index (κ2) is 3.36. The molecule has 0 atom stereocenters. The molecule has 0 aliphatic carbocycles. The zero-order chi connectivity index (χ0) is 7.40. The first-order valence-corrected chi connectivity index (χ1v) is 3.14. The van der Waals surface area contributed by atoms with E-state index in [0.29, 0.717) is 5.92 Å². The van der Waals surface area contributed by atoms with Gasteiger partial charge in [0.1, 0.15) is 0 Å². The van der Waals surface area contributed by atoms with Crippen molar-refractivity contribution in [1.82, 2.24) is 0 Å². The van der Waals surface area contributed by atoms with Gasteiger partial charge in [-0.2, -0.15) is 0 Å². The van der Waals surface area contributed by atoms with Crippen LogP contribution in [0, 0.1) is 16.0 Å². The van der Waals surface area contributed by atoms with E-state index in [1.165, 1.54) is 0 Å². The fourth-order valence-corrected chi connectivity index (χ4v) is 0.745. The van der Waals surface area contributed by atoms with Crippen LogP contribution in [-0.4, -0.2) is 24.9 Å². The lowest BCUT2D eigenvalue weighted by Crippen LogP contribution is -2.28. The van der Waals surface area contributed by atoms with Crippen molar-refractivity contribution in [3.05, 3.63) is 10.1 Å². The number of hydrogen-bond donors (Lipinski definition) is 0. The third-order valence-corrected chi connectivity index (χ3v) is 1.43. The molecule has 0 aromatic carbocycles. The predicted molar refractivity (Wildman–Crippen MR) is 31.9 cm³/mol. The third-order valence-electron chi connectivity index (χ3n) is 1.43. The Kier molecular flexibility index (Phi) is 2.44. The van der Waals surface area contributed by atoms with E-state index in [-0.39, 0.29) is 6.61 Å². The normalized spacial score (nSPS) is 18.0. The maximum absolute atomic E-state index is 9.64. The highest BCUT2D eigenvalue weighted by atomic mass is 16.9. The quantitative estimate of drug-likeness (QED) is 0.422. The van der Waals surface area contributed by atoms with Crippen LogP contribution in [0.4, 0.5) is 0 Å². The summed E-state index contributed by atoms with van der Waals surface area (Å²) in [4.78, 5) is 13.8. The van der Waals surface area contributed by atoms with Gasteiger partial charge in [-0.1, -0.05) is 0 Å². The van der Waals surface area contributed by atoms with Gasteiger partial charge >= 0.3 is 0 Å². The van der Waals surface area contributed by atoms with Crippen molar-refractivity contribution in [2.75, 3.05) is 19.8 Å². The molecular formula is C5H9NO4. The maximum atomic E-state index is 9.64. The van der Waals surface area contributed by atoms with Crippen molar-refractivity contribution < 1.29 is 14.7 Å². The molecule has 10 heavy (non-hydrogen) atoms. The van der Waals surface area contributed by atoms with Crippen LogP contribution in [0.2, 0.25) is 0 Å². The zero-order valence-electron chi connectivity index (χ0n) is 5.49. The minimum Gasteiger partial charge on any atom is -0.381 e. The highest BCUT2D eigenvalue weighted by Gasteiger charge is 2.17. The van der Waals surface area contributed by atoms with Crippen LogP contribution >= 0.6 is 0 Å². The summed E-state index contributed by atoms with van der Waals surface area (Å²) < 4.78 is 4.87. The summed E-state index contributed by atoms with van der Waals surface area (Å²) >= 11 is 0. The van der Waals surface area contributed by atoms with Crippen molar-refractivity contribution >= 4 is 0 Å². The fourth-order valence-electron chi connectivity index (χ4n) is 0.745. The van der Waals surface area contributed by atoms with E-state index in [4.69, 9.17) is 4.74 Å². The Morgan fingerprint density at radius 1 is 1.70 bits per heavy atom. The lowest BCUT2D eigenvalue weighted by atomic mass is 10.1. The highest BCUT2D eigenvalue weighted by Crippen LogP contribution is 2.13. The van der Waals surface area contributed by atoms with Crippen molar-refractivity contribution in [3.8, 4) is 0 Å². The Labute approximate surface area is 58.0 Å². The van der Waals surface area contributed by atoms with Crippen LogP contribution < -0.4 is 0 Å². The van der Waals surface area contributed by atoms with E-state index in [2.05, 4.69) is 4.84 Å². The average molecular weight is 147 g/mol. The van der Waals surface area contributed by atoms with Gasteiger partial charge in [-0.25, -0.2) is 0 Å². The lowest BCUT2D eigenvalue weighted by molar-refractivity contribution is -0.758. The Hall–Kier alpha value is -0.840. The topological polar surface area (TPSA) is 61.6 Å². The zero-order valence-corrected chi connectivity index (χ0v) is 5.49. The van der Waals surface area contributed by atoms with Gasteiger partial charge in [-0.3, -0.25) is 0 Å². The van der Waals surface area contributed by atoms with Crippen LogP contribution in [-0.2, 0) is 9.57 Å². The van der Waals surface area contributed by atoms with Gasteiger partial charge in [-0.05, 0) is 6.42 Å². The molecule has 5 nitrogen and oxygen atoms in total. The molecule has 0 radical (unpaired) electrons. The molecule has 0 unspecified atom stereocenters. The smallest absolute Gasteiger partial charge is 0.294 e. The van der Waals surface area contributed by atoms with Gasteiger partial charge in [0.15, 0.2) is 0 Å². The molecule has 0 N–H and O–H groups in total. The molecule has 58 valence electrons. The van der Waals surface area contributed by atoms with Crippen molar-refractivity contribution in [2.45, 2.75) is 6.42 Å². The molecule has 0 saturated carbocycles. The van der Waals surface area contributed by atoms with Crippen LogP contribution in [0.15, 0.2) is 0 Å². The predicted octanol–water partition coefficient (Wildman–Crippen LogP) is 0.231. The standard InChI is InChI=1S/C5H9NO4/c7-6(8)10-2-1-5-3-9-4-5/h5H,1-4H2. The molecule has 1 fully saturated rings. The second-order valence-corrected chi connectivity index (χ2v) is 2.25. The van der Waals surface area contributed by atoms with E-state index in [1.54, 1.807) is 0 Å². The summed E-state index contributed by atoms with van der Waals surface area (Å²) in [6.07, 6.45) is 0.723. The van der Waals surface area contributed by atoms with Crippen molar-refractivity contribution in [3.63, 3.8) is 0 Å². The molecular weight excluding hydrogens is 138 g/mol. The van der Waals surface area contributed by atoms with Crippen molar-refractivity contribution in [2.24, 2.45) is 5.92 Å². The summed E-state index contributed by atoms with van der Waals surface area (Å²) in [6.45, 7) is 1.64. The van der Waals surface area contributed by atoms with Gasteiger partial charge in [-0.15, -0.1) is 10.1 Å². The molecule has 0 spiro atoms. The van der Waals surface area contributed by atoms with Gasteiger partial charge in [0.05, 0.1) is 19.8 Å². The number of rotatable bonds is 4. The average Bonchev–Trinajstić information content (AvgIpc) is 1.75. The molecule has 0 aromatic heterocycles. The Morgan fingerprint density at radius 3 is 2.80 bits per heavy atom. The minimum atomic E-state index is -0.764. The Bertz CT molecular complexity index is 123. The third kappa shape index (κ3) is 2.18. The largest absolute Gasteiger partial charge is 0.381 e. The maximum Gasteiger partial charge on any atom is 0.294 e. The molecule has 0 aromatic rings. The first-order chi connectivity index (χ1) is 4.79. The molecule has 0 amide bonds. The summed E-state index contributed by atoms with van der Waals surface area (Å²) in [7, 11) is 0. The SMILES string of the molecule is O=[N+]([O-])OCCC1COC1. The molecule has 5 heteroatoms. The van der Waals surface area contributed by atoms with Gasteiger partial charge < -0.3 is 9.57 Å². The summed E-state index contributed by atoms with van der Waals surface area (Å²) in [5.74, 6) is 0.472. The van der Waals surface area contributed by atoms with E-state index in [9.17, 15) is 10.1 Å². The van der Waals surface area contributed by atoms with Crippen molar-refractivity contribution in [1.29, 1.82) is 0 Å². The van der Waals surface area contributed by atoms with E-state index >= 15 is 0 Å². The van der Waals surface area contributed by atoms with Gasteiger partial charge in [0.25, 0.3) is 5.09 Å². The van der Waals surface area contributed by atoms with Gasteiger partial charge in [0.2, 0.25) is 0 Å². The molecule has 1 aliphatic rings. The van der Waals surface area contributed by atoms with E-state index in [0.717, 1.165) is 19.6 Å². The summed E-state index contributed by atoms with van der Waals surface area (Å²) in [5.41, 5.74) is 0. The van der Waals surface area contributed by atoms with Crippen LogP contribution in [0.1, 0.15) is 6.42 Å². The molecule has 1 saturated heterocycles. The molecule has 1 rings (SSSR count). The molecule has 0 bridgehead atoms. The second-order valence-electron chi connectivity index (χ2n) is 2.25. The first kappa shape index (κ1) is 7.27.